The summed E-state index contributed by atoms with van der Waals surface area (Å²) in [5.41, 5.74) is 4.05. The van der Waals surface area contributed by atoms with Crippen molar-refractivity contribution in [2.45, 2.75) is 20.4 Å². The molecule has 2 heterocycles. The number of anilines is 1. The molecular weight excluding hydrogens is 252 g/mol. The molecule has 0 saturated carbocycles. The molecule has 6 nitrogen and oxygen atoms in total. The van der Waals surface area contributed by atoms with Gasteiger partial charge in [-0.3, -0.25) is 5.10 Å². The number of imidazole rings is 1. The van der Waals surface area contributed by atoms with E-state index in [0.717, 1.165) is 28.5 Å². The molecule has 0 fully saturated rings. The SMILES string of the molecule is Cc1nc(-c2ccccc2NCc2nc[nH]c2C)n[nH]1. The van der Waals surface area contributed by atoms with E-state index in [1.165, 1.54) is 0 Å². The molecule has 0 aliphatic carbocycles. The van der Waals surface area contributed by atoms with Crippen LogP contribution in [-0.4, -0.2) is 25.1 Å². The summed E-state index contributed by atoms with van der Waals surface area (Å²) in [6.45, 7) is 4.56. The Hall–Kier alpha value is -2.63. The molecule has 0 spiro atoms. The zero-order valence-corrected chi connectivity index (χ0v) is 11.4. The van der Waals surface area contributed by atoms with Crippen LogP contribution in [0.2, 0.25) is 0 Å². The maximum Gasteiger partial charge on any atom is 0.183 e. The molecule has 3 N–H and O–H groups in total. The summed E-state index contributed by atoms with van der Waals surface area (Å²) < 4.78 is 0. The molecule has 3 rings (SSSR count). The Labute approximate surface area is 116 Å². The maximum absolute atomic E-state index is 4.38. The quantitative estimate of drug-likeness (QED) is 0.678. The molecule has 0 atom stereocenters. The number of aromatic amines is 2. The average molecular weight is 268 g/mol. The number of aryl methyl sites for hydroxylation is 2. The van der Waals surface area contributed by atoms with Crippen molar-refractivity contribution in [3.63, 3.8) is 0 Å². The first kappa shape index (κ1) is 12.4. The molecule has 6 heteroatoms. The molecule has 0 saturated heterocycles. The highest BCUT2D eigenvalue weighted by Gasteiger charge is 2.09. The summed E-state index contributed by atoms with van der Waals surface area (Å²) in [5, 5.41) is 10.5. The monoisotopic (exact) mass is 268 g/mol. The van der Waals surface area contributed by atoms with Crippen LogP contribution in [0.4, 0.5) is 5.69 Å². The zero-order chi connectivity index (χ0) is 13.9. The Morgan fingerprint density at radius 2 is 2.05 bits per heavy atom. The first-order chi connectivity index (χ1) is 9.74. The third-order valence-corrected chi connectivity index (χ3v) is 3.15. The van der Waals surface area contributed by atoms with Crippen LogP contribution in [-0.2, 0) is 6.54 Å². The van der Waals surface area contributed by atoms with E-state index < -0.39 is 0 Å². The van der Waals surface area contributed by atoms with Crippen LogP contribution in [0.1, 0.15) is 17.2 Å². The highest BCUT2D eigenvalue weighted by molar-refractivity contribution is 5.73. The van der Waals surface area contributed by atoms with Gasteiger partial charge in [0.1, 0.15) is 5.82 Å². The summed E-state index contributed by atoms with van der Waals surface area (Å²) in [6.07, 6.45) is 1.71. The molecule has 3 aromatic rings. The Balaban J connectivity index is 1.85. The molecule has 0 bridgehead atoms. The minimum absolute atomic E-state index is 0.662. The van der Waals surface area contributed by atoms with Gasteiger partial charge in [0.25, 0.3) is 0 Å². The normalized spacial score (nSPS) is 10.7. The fraction of sp³-hybridized carbons (Fsp3) is 0.214. The van der Waals surface area contributed by atoms with Crippen molar-refractivity contribution < 1.29 is 0 Å². The van der Waals surface area contributed by atoms with Gasteiger partial charge in [-0.15, -0.1) is 0 Å². The number of rotatable bonds is 4. The topological polar surface area (TPSA) is 82.3 Å². The number of H-pyrrole nitrogens is 2. The number of aromatic nitrogens is 5. The van der Waals surface area contributed by atoms with Crippen LogP contribution in [0.5, 0.6) is 0 Å². The van der Waals surface area contributed by atoms with Crippen molar-refractivity contribution in [2.24, 2.45) is 0 Å². The number of hydrogen-bond donors (Lipinski definition) is 3. The van der Waals surface area contributed by atoms with Gasteiger partial charge in [0.2, 0.25) is 0 Å². The molecule has 0 aliphatic heterocycles. The van der Waals surface area contributed by atoms with E-state index in [1.807, 2.05) is 38.1 Å². The van der Waals surface area contributed by atoms with Gasteiger partial charge in [-0.1, -0.05) is 12.1 Å². The molecule has 2 aromatic heterocycles. The Kier molecular flexibility index (Phi) is 3.20. The second kappa shape index (κ2) is 5.16. The summed E-state index contributed by atoms with van der Waals surface area (Å²) in [4.78, 5) is 11.7. The summed E-state index contributed by atoms with van der Waals surface area (Å²) >= 11 is 0. The third kappa shape index (κ3) is 2.40. The van der Waals surface area contributed by atoms with Gasteiger partial charge in [-0.2, -0.15) is 5.10 Å². The van der Waals surface area contributed by atoms with Crippen molar-refractivity contribution in [1.29, 1.82) is 0 Å². The van der Waals surface area contributed by atoms with Crippen molar-refractivity contribution in [2.75, 3.05) is 5.32 Å². The number of nitrogens with zero attached hydrogens (tertiary/aromatic N) is 3. The van der Waals surface area contributed by atoms with E-state index in [1.54, 1.807) is 6.33 Å². The Morgan fingerprint density at radius 1 is 1.20 bits per heavy atom. The van der Waals surface area contributed by atoms with Crippen LogP contribution in [0.3, 0.4) is 0 Å². The number of nitrogens with one attached hydrogen (secondary N) is 3. The van der Waals surface area contributed by atoms with Gasteiger partial charge in [0.05, 0.1) is 18.6 Å². The fourth-order valence-corrected chi connectivity index (χ4v) is 2.04. The summed E-state index contributed by atoms with van der Waals surface area (Å²) in [6, 6.07) is 7.99. The lowest BCUT2D eigenvalue weighted by atomic mass is 10.1. The van der Waals surface area contributed by atoms with Crippen LogP contribution in [0.25, 0.3) is 11.4 Å². The summed E-state index contributed by atoms with van der Waals surface area (Å²) in [7, 11) is 0. The van der Waals surface area contributed by atoms with Crippen molar-refractivity contribution in [1.82, 2.24) is 25.1 Å². The minimum atomic E-state index is 0.662. The molecular formula is C14H16N6. The lowest BCUT2D eigenvalue weighted by Crippen LogP contribution is -2.03. The standard InChI is InChI=1S/C14H16N6/c1-9-13(17-8-16-9)7-15-12-6-4-3-5-11(12)14-18-10(2)19-20-14/h3-6,8,15H,7H2,1-2H3,(H,16,17)(H,18,19,20). The predicted molar refractivity (Wildman–Crippen MR) is 77.2 cm³/mol. The van der Waals surface area contributed by atoms with Crippen LogP contribution < -0.4 is 5.32 Å². The second-order valence-corrected chi connectivity index (χ2v) is 4.62. The first-order valence-electron chi connectivity index (χ1n) is 6.45. The molecule has 1 aromatic carbocycles. The van der Waals surface area contributed by atoms with Gasteiger partial charge in [0, 0.05) is 16.9 Å². The van der Waals surface area contributed by atoms with Gasteiger partial charge in [-0.25, -0.2) is 9.97 Å². The average Bonchev–Trinajstić information content (AvgIpc) is 3.06. The highest BCUT2D eigenvalue weighted by Crippen LogP contribution is 2.25. The van der Waals surface area contributed by atoms with Gasteiger partial charge >= 0.3 is 0 Å². The van der Waals surface area contributed by atoms with Crippen LogP contribution in [0.15, 0.2) is 30.6 Å². The Bertz CT molecular complexity index is 712. The predicted octanol–water partition coefficient (Wildman–Crippen LogP) is 2.42. The molecule has 0 aliphatic rings. The molecule has 0 radical (unpaired) electrons. The molecule has 0 amide bonds. The highest BCUT2D eigenvalue weighted by atomic mass is 15.2. The fourth-order valence-electron chi connectivity index (χ4n) is 2.04. The lowest BCUT2D eigenvalue weighted by Gasteiger charge is -2.09. The number of benzene rings is 1. The van der Waals surface area contributed by atoms with Crippen molar-refractivity contribution in [3.8, 4) is 11.4 Å². The number of hydrogen-bond acceptors (Lipinski definition) is 4. The molecule has 102 valence electrons. The van der Waals surface area contributed by atoms with E-state index >= 15 is 0 Å². The van der Waals surface area contributed by atoms with E-state index in [4.69, 9.17) is 0 Å². The molecule has 0 unspecified atom stereocenters. The second-order valence-electron chi connectivity index (χ2n) is 4.62. The van der Waals surface area contributed by atoms with Crippen molar-refractivity contribution >= 4 is 5.69 Å². The third-order valence-electron chi connectivity index (χ3n) is 3.15. The Morgan fingerprint density at radius 3 is 2.75 bits per heavy atom. The van der Waals surface area contributed by atoms with E-state index in [9.17, 15) is 0 Å². The molecule has 20 heavy (non-hydrogen) atoms. The largest absolute Gasteiger partial charge is 0.379 e. The maximum atomic E-state index is 4.38. The zero-order valence-electron chi connectivity index (χ0n) is 11.4. The van der Waals surface area contributed by atoms with Gasteiger partial charge in [-0.05, 0) is 26.0 Å². The van der Waals surface area contributed by atoms with Gasteiger partial charge < -0.3 is 10.3 Å². The van der Waals surface area contributed by atoms with Crippen LogP contribution in [0, 0.1) is 13.8 Å². The van der Waals surface area contributed by atoms with E-state index in [-0.39, 0.29) is 0 Å². The first-order valence-corrected chi connectivity index (χ1v) is 6.45. The van der Waals surface area contributed by atoms with Crippen molar-refractivity contribution in [3.05, 3.63) is 47.8 Å². The van der Waals surface area contributed by atoms with Crippen LogP contribution >= 0.6 is 0 Å². The minimum Gasteiger partial charge on any atom is -0.379 e. The van der Waals surface area contributed by atoms with E-state index in [0.29, 0.717) is 12.4 Å². The van der Waals surface area contributed by atoms with Gasteiger partial charge in [0.15, 0.2) is 5.82 Å². The number of para-hydroxylation sites is 1. The summed E-state index contributed by atoms with van der Waals surface area (Å²) in [5.74, 6) is 1.50. The lowest BCUT2D eigenvalue weighted by molar-refractivity contribution is 1.04. The smallest absolute Gasteiger partial charge is 0.183 e. The van der Waals surface area contributed by atoms with E-state index in [2.05, 4.69) is 30.5 Å².